The van der Waals surface area contributed by atoms with Crippen LogP contribution >= 0.6 is 0 Å². The van der Waals surface area contributed by atoms with E-state index in [2.05, 4.69) is 18.2 Å². The van der Waals surface area contributed by atoms with Crippen LogP contribution in [-0.2, 0) is 19.4 Å². The number of fused-ring (bicyclic) bond motifs is 1. The predicted molar refractivity (Wildman–Crippen MR) is 124 cm³/mol. The second-order valence-electron chi connectivity index (χ2n) is 9.80. The SMILES string of the molecule is O=C(c1ccc(COc2ccc3c(c2)CCC(C2CCCC2)CC3)cc1)N1CCCC1. The standard InChI is InChI=1S/C28H35NO2/c30-28(29-17-3-4-18-29)25-9-7-21(8-10-25)20-31-27-16-15-24-12-11-23(13-14-26(24)19-27)22-5-1-2-6-22/h7-10,15-16,19,22-23H,1-6,11-14,17-18,20H2. The highest BCUT2D eigenvalue weighted by atomic mass is 16.5. The van der Waals surface area contributed by atoms with E-state index in [-0.39, 0.29) is 5.91 Å². The number of ether oxygens (including phenoxy) is 1. The van der Waals surface area contributed by atoms with Gasteiger partial charge in [-0.05, 0) is 91.3 Å². The summed E-state index contributed by atoms with van der Waals surface area (Å²) < 4.78 is 6.13. The summed E-state index contributed by atoms with van der Waals surface area (Å²) in [7, 11) is 0. The number of amides is 1. The molecule has 1 heterocycles. The van der Waals surface area contributed by atoms with Crippen LogP contribution in [0.4, 0.5) is 0 Å². The minimum absolute atomic E-state index is 0.159. The number of benzene rings is 2. The largest absolute Gasteiger partial charge is 0.489 e. The summed E-state index contributed by atoms with van der Waals surface area (Å²) >= 11 is 0. The fraction of sp³-hybridized carbons (Fsp3) is 0.536. The average Bonchev–Trinajstić information content (AvgIpc) is 3.50. The molecule has 1 atom stereocenters. The Balaban J connectivity index is 1.17. The molecule has 0 radical (unpaired) electrons. The van der Waals surface area contributed by atoms with Crippen LogP contribution < -0.4 is 4.74 Å². The first-order valence-electron chi connectivity index (χ1n) is 12.4. The third-order valence-electron chi connectivity index (χ3n) is 7.81. The van der Waals surface area contributed by atoms with Crippen molar-refractivity contribution in [1.82, 2.24) is 4.90 Å². The molecule has 2 aliphatic carbocycles. The molecule has 31 heavy (non-hydrogen) atoms. The van der Waals surface area contributed by atoms with Gasteiger partial charge in [0.25, 0.3) is 5.91 Å². The Labute approximate surface area is 186 Å². The summed E-state index contributed by atoms with van der Waals surface area (Å²) in [6, 6.07) is 14.6. The van der Waals surface area contributed by atoms with Crippen molar-refractivity contribution in [3.05, 3.63) is 64.7 Å². The molecule has 3 nitrogen and oxygen atoms in total. The van der Waals surface area contributed by atoms with Gasteiger partial charge in [-0.3, -0.25) is 4.79 Å². The lowest BCUT2D eigenvalue weighted by Crippen LogP contribution is -2.27. The highest BCUT2D eigenvalue weighted by Crippen LogP contribution is 2.38. The molecule has 2 aromatic carbocycles. The summed E-state index contributed by atoms with van der Waals surface area (Å²) in [5, 5.41) is 0. The van der Waals surface area contributed by atoms with Crippen molar-refractivity contribution in [2.75, 3.05) is 13.1 Å². The number of nitrogens with zero attached hydrogens (tertiary/aromatic N) is 1. The van der Waals surface area contributed by atoms with Crippen molar-refractivity contribution < 1.29 is 9.53 Å². The maximum Gasteiger partial charge on any atom is 0.253 e. The van der Waals surface area contributed by atoms with Crippen molar-refractivity contribution in [2.24, 2.45) is 11.8 Å². The minimum Gasteiger partial charge on any atom is -0.489 e. The van der Waals surface area contributed by atoms with Gasteiger partial charge in [-0.1, -0.05) is 43.9 Å². The fourth-order valence-corrected chi connectivity index (χ4v) is 5.91. The van der Waals surface area contributed by atoms with E-state index in [1.54, 1.807) is 0 Å². The van der Waals surface area contributed by atoms with E-state index in [1.807, 2.05) is 29.2 Å². The zero-order valence-electron chi connectivity index (χ0n) is 18.7. The first-order chi connectivity index (χ1) is 15.3. The molecule has 164 valence electrons. The Morgan fingerprint density at radius 1 is 0.806 bits per heavy atom. The van der Waals surface area contributed by atoms with Gasteiger partial charge in [0.05, 0.1) is 0 Å². The number of hydrogen-bond donors (Lipinski definition) is 0. The van der Waals surface area contributed by atoms with Crippen LogP contribution in [0.3, 0.4) is 0 Å². The van der Waals surface area contributed by atoms with E-state index >= 15 is 0 Å². The molecule has 1 amide bonds. The van der Waals surface area contributed by atoms with Gasteiger partial charge >= 0.3 is 0 Å². The normalized spacial score (nSPS) is 21.7. The maximum atomic E-state index is 12.5. The van der Waals surface area contributed by atoms with Crippen LogP contribution in [0.5, 0.6) is 5.75 Å². The Morgan fingerprint density at radius 2 is 1.48 bits per heavy atom. The van der Waals surface area contributed by atoms with Crippen LogP contribution in [0.1, 0.15) is 78.4 Å². The van der Waals surface area contributed by atoms with Crippen LogP contribution in [0.25, 0.3) is 0 Å². The molecule has 2 fully saturated rings. The highest BCUT2D eigenvalue weighted by Gasteiger charge is 2.27. The second kappa shape index (κ2) is 9.46. The van der Waals surface area contributed by atoms with Crippen molar-refractivity contribution in [3.63, 3.8) is 0 Å². The third-order valence-corrected chi connectivity index (χ3v) is 7.81. The Kier molecular flexibility index (Phi) is 6.29. The van der Waals surface area contributed by atoms with Gasteiger partial charge in [-0.15, -0.1) is 0 Å². The lowest BCUT2D eigenvalue weighted by atomic mass is 9.85. The molecular formula is C28H35NO2. The van der Waals surface area contributed by atoms with Crippen molar-refractivity contribution in [2.45, 2.75) is 70.8 Å². The predicted octanol–water partition coefficient (Wildman–Crippen LogP) is 6.19. The Bertz CT molecular complexity index is 892. The molecule has 1 saturated carbocycles. The zero-order valence-corrected chi connectivity index (χ0v) is 18.7. The third kappa shape index (κ3) is 4.81. The lowest BCUT2D eigenvalue weighted by Gasteiger charge is -2.21. The van der Waals surface area contributed by atoms with E-state index in [0.29, 0.717) is 6.61 Å². The second-order valence-corrected chi connectivity index (χ2v) is 9.80. The van der Waals surface area contributed by atoms with Gasteiger partial charge < -0.3 is 9.64 Å². The number of hydrogen-bond acceptors (Lipinski definition) is 2. The molecular weight excluding hydrogens is 382 g/mol. The molecule has 1 aliphatic heterocycles. The van der Waals surface area contributed by atoms with Gasteiger partial charge in [0, 0.05) is 18.7 Å². The maximum absolute atomic E-state index is 12.5. The van der Waals surface area contributed by atoms with Gasteiger partial charge in [0.15, 0.2) is 0 Å². The van der Waals surface area contributed by atoms with Crippen molar-refractivity contribution in [1.29, 1.82) is 0 Å². The number of aryl methyl sites for hydroxylation is 2. The smallest absolute Gasteiger partial charge is 0.253 e. The highest BCUT2D eigenvalue weighted by molar-refractivity contribution is 5.94. The molecule has 5 rings (SSSR count). The quantitative estimate of drug-likeness (QED) is 0.543. The Morgan fingerprint density at radius 3 is 2.23 bits per heavy atom. The molecule has 0 aromatic heterocycles. The van der Waals surface area contributed by atoms with Gasteiger partial charge in [-0.2, -0.15) is 0 Å². The molecule has 2 aromatic rings. The molecule has 1 unspecified atom stereocenters. The fourth-order valence-electron chi connectivity index (χ4n) is 5.91. The summed E-state index contributed by atoms with van der Waals surface area (Å²) in [6.07, 6.45) is 13.2. The van der Waals surface area contributed by atoms with E-state index in [4.69, 9.17) is 4.74 Å². The summed E-state index contributed by atoms with van der Waals surface area (Å²) in [6.45, 7) is 2.33. The van der Waals surface area contributed by atoms with Crippen LogP contribution in [-0.4, -0.2) is 23.9 Å². The van der Waals surface area contributed by atoms with E-state index in [1.165, 1.54) is 62.5 Å². The topological polar surface area (TPSA) is 29.5 Å². The number of carbonyl (C=O) groups excluding carboxylic acids is 1. The molecule has 0 bridgehead atoms. The van der Waals surface area contributed by atoms with Gasteiger partial charge in [0.1, 0.15) is 12.4 Å². The summed E-state index contributed by atoms with van der Waals surface area (Å²) in [5.41, 5.74) is 4.91. The van der Waals surface area contributed by atoms with Gasteiger partial charge in [0.2, 0.25) is 0 Å². The molecule has 1 saturated heterocycles. The first kappa shape index (κ1) is 20.6. The van der Waals surface area contributed by atoms with Crippen LogP contribution in [0.2, 0.25) is 0 Å². The van der Waals surface area contributed by atoms with E-state index in [0.717, 1.165) is 54.6 Å². The molecule has 0 spiro atoms. The summed E-state index contributed by atoms with van der Waals surface area (Å²) in [4.78, 5) is 14.5. The number of rotatable bonds is 5. The molecule has 3 aliphatic rings. The monoisotopic (exact) mass is 417 g/mol. The van der Waals surface area contributed by atoms with Gasteiger partial charge in [-0.25, -0.2) is 0 Å². The van der Waals surface area contributed by atoms with Crippen molar-refractivity contribution in [3.8, 4) is 5.75 Å². The Hall–Kier alpha value is -2.29. The van der Waals surface area contributed by atoms with Crippen molar-refractivity contribution >= 4 is 5.91 Å². The lowest BCUT2D eigenvalue weighted by molar-refractivity contribution is 0.0793. The van der Waals surface area contributed by atoms with E-state index in [9.17, 15) is 4.79 Å². The molecule has 0 N–H and O–H groups in total. The first-order valence-corrected chi connectivity index (χ1v) is 12.4. The molecule has 3 heteroatoms. The summed E-state index contributed by atoms with van der Waals surface area (Å²) in [5.74, 6) is 3.02. The number of carbonyl (C=O) groups is 1. The van der Waals surface area contributed by atoms with E-state index < -0.39 is 0 Å². The average molecular weight is 418 g/mol. The van der Waals surface area contributed by atoms with Crippen LogP contribution in [0.15, 0.2) is 42.5 Å². The zero-order chi connectivity index (χ0) is 21.0. The minimum atomic E-state index is 0.159. The number of likely N-dealkylation sites (tertiary alicyclic amines) is 1. The van der Waals surface area contributed by atoms with Crippen LogP contribution in [0, 0.1) is 11.8 Å².